The number of aryl methyl sites for hydroxylation is 1. The van der Waals surface area contributed by atoms with E-state index in [0.717, 1.165) is 6.42 Å². The molecule has 3 rings (SSSR count). The van der Waals surface area contributed by atoms with Crippen molar-refractivity contribution in [2.24, 2.45) is 0 Å². The molecule has 1 atom stereocenters. The molecule has 33 heavy (non-hydrogen) atoms. The molecule has 1 aliphatic rings. The summed E-state index contributed by atoms with van der Waals surface area (Å²) in [5, 5.41) is 10.8. The number of aliphatic hydroxyl groups is 1. The lowest BCUT2D eigenvalue weighted by atomic mass is 9.94. The van der Waals surface area contributed by atoms with Crippen molar-refractivity contribution in [3.05, 3.63) is 58.7 Å². The molecule has 0 saturated heterocycles. The van der Waals surface area contributed by atoms with Crippen molar-refractivity contribution >= 4 is 11.7 Å². The second-order valence-corrected chi connectivity index (χ2v) is 8.19. The van der Waals surface area contributed by atoms with Crippen molar-refractivity contribution in [2.75, 3.05) is 40.4 Å². The van der Waals surface area contributed by atoms with Gasteiger partial charge in [-0.15, -0.1) is 0 Å². The maximum absolute atomic E-state index is 13.3. The van der Waals surface area contributed by atoms with E-state index in [1.807, 2.05) is 32.8 Å². The number of benzene rings is 1. The predicted molar refractivity (Wildman–Crippen MR) is 124 cm³/mol. The van der Waals surface area contributed by atoms with Crippen LogP contribution in [0.2, 0.25) is 0 Å². The molecule has 8 heteroatoms. The Morgan fingerprint density at radius 3 is 2.52 bits per heavy atom. The monoisotopic (exact) mass is 456 g/mol. The Labute approximate surface area is 194 Å². The van der Waals surface area contributed by atoms with Crippen LogP contribution in [0.5, 0.6) is 11.5 Å². The molecule has 1 aromatic heterocycles. The van der Waals surface area contributed by atoms with Crippen molar-refractivity contribution in [3.8, 4) is 11.5 Å². The average Bonchev–Trinajstić information content (AvgIpc) is 3.32. The summed E-state index contributed by atoms with van der Waals surface area (Å²) in [4.78, 5) is 29.8. The van der Waals surface area contributed by atoms with Gasteiger partial charge in [0.05, 0.1) is 24.8 Å². The zero-order valence-corrected chi connectivity index (χ0v) is 19.9. The van der Waals surface area contributed by atoms with Crippen molar-refractivity contribution < 1.29 is 28.6 Å². The molecule has 0 radical (unpaired) electrons. The number of aliphatic hydroxyl groups excluding tert-OH is 1. The van der Waals surface area contributed by atoms with Crippen LogP contribution in [0.3, 0.4) is 0 Å². The molecule has 0 spiro atoms. The van der Waals surface area contributed by atoms with E-state index < -0.39 is 23.5 Å². The molecule has 178 valence electrons. The molecule has 0 fully saturated rings. The second-order valence-electron chi connectivity index (χ2n) is 8.19. The van der Waals surface area contributed by atoms with Gasteiger partial charge in [0.25, 0.3) is 5.91 Å². The fourth-order valence-electron chi connectivity index (χ4n) is 3.75. The largest absolute Gasteiger partial charge is 0.503 e. The minimum absolute atomic E-state index is 0.00205. The SMILES string of the molecule is CCCOc1ccc(C2C(C(=O)c3ccc(C)o3)=C(O)C(=O)N2CCN(C)C)cc1OCC. The van der Waals surface area contributed by atoms with Crippen LogP contribution < -0.4 is 9.47 Å². The third-order valence-electron chi connectivity index (χ3n) is 5.35. The Hall–Kier alpha value is -3.26. The van der Waals surface area contributed by atoms with Crippen molar-refractivity contribution in [1.82, 2.24) is 9.80 Å². The summed E-state index contributed by atoms with van der Waals surface area (Å²) in [6.07, 6.45) is 0.848. The molecule has 1 aromatic carbocycles. The first-order valence-corrected chi connectivity index (χ1v) is 11.2. The summed E-state index contributed by atoms with van der Waals surface area (Å²) in [6.45, 7) is 7.48. The highest BCUT2D eigenvalue weighted by Gasteiger charge is 2.44. The summed E-state index contributed by atoms with van der Waals surface area (Å²) < 4.78 is 17.1. The first kappa shape index (κ1) is 24.4. The fraction of sp³-hybridized carbons (Fsp3) is 0.440. The van der Waals surface area contributed by atoms with Gasteiger partial charge in [-0.05, 0) is 64.2 Å². The quantitative estimate of drug-likeness (QED) is 0.513. The highest BCUT2D eigenvalue weighted by molar-refractivity contribution is 6.15. The predicted octanol–water partition coefficient (Wildman–Crippen LogP) is 3.92. The van der Waals surface area contributed by atoms with Crippen molar-refractivity contribution in [3.63, 3.8) is 0 Å². The normalized spacial score (nSPS) is 16.1. The number of Topliss-reactive ketones (excluding diaryl/α,β-unsaturated/α-hetero) is 1. The molecule has 0 saturated carbocycles. The Bertz CT molecular complexity index is 1040. The molecular weight excluding hydrogens is 424 g/mol. The summed E-state index contributed by atoms with van der Waals surface area (Å²) in [6, 6.07) is 7.79. The molecular formula is C25H32N2O6. The van der Waals surface area contributed by atoms with E-state index in [-0.39, 0.29) is 11.3 Å². The number of nitrogens with zero attached hydrogens (tertiary/aromatic N) is 2. The van der Waals surface area contributed by atoms with Gasteiger partial charge in [0.15, 0.2) is 23.0 Å². The van der Waals surface area contributed by atoms with Gasteiger partial charge >= 0.3 is 0 Å². The molecule has 1 unspecified atom stereocenters. The zero-order chi connectivity index (χ0) is 24.1. The van der Waals surface area contributed by atoms with Crippen LogP contribution in [0.4, 0.5) is 0 Å². The number of carbonyl (C=O) groups is 2. The minimum atomic E-state index is -0.783. The number of furan rings is 1. The van der Waals surface area contributed by atoms with E-state index in [1.54, 1.807) is 37.3 Å². The van der Waals surface area contributed by atoms with Crippen molar-refractivity contribution in [1.29, 1.82) is 0 Å². The number of ether oxygens (including phenoxy) is 2. The van der Waals surface area contributed by atoms with Gasteiger partial charge < -0.3 is 28.8 Å². The molecule has 1 N–H and O–H groups in total. The Balaban J connectivity index is 2.08. The number of carbonyl (C=O) groups excluding carboxylic acids is 2. The van der Waals surface area contributed by atoms with Crippen LogP contribution in [0.25, 0.3) is 0 Å². The topological polar surface area (TPSA) is 92.5 Å². The van der Waals surface area contributed by atoms with Crippen molar-refractivity contribution in [2.45, 2.75) is 33.2 Å². The molecule has 1 aliphatic heterocycles. The standard InChI is InChI=1S/C25H32N2O6/c1-6-14-32-18-11-9-17(15-20(18)31-7-2)22-21(23(28)19-10-8-16(3)33-19)24(29)25(30)27(22)13-12-26(4)5/h8-11,15,22,29H,6-7,12-14H2,1-5H3. The molecule has 1 amide bonds. The number of rotatable bonds is 11. The summed E-state index contributed by atoms with van der Waals surface area (Å²) in [5.74, 6) is 0.106. The summed E-state index contributed by atoms with van der Waals surface area (Å²) in [5.41, 5.74) is 0.642. The third kappa shape index (κ3) is 5.22. The Morgan fingerprint density at radius 2 is 1.91 bits per heavy atom. The number of likely N-dealkylation sites (N-methyl/N-ethyl adjacent to an activating group) is 1. The number of amides is 1. The van der Waals surface area contributed by atoms with Crippen LogP contribution in [-0.4, -0.2) is 67.0 Å². The molecule has 2 aromatic rings. The Morgan fingerprint density at radius 1 is 1.15 bits per heavy atom. The minimum Gasteiger partial charge on any atom is -0.503 e. The van der Waals surface area contributed by atoms with Crippen LogP contribution in [0.1, 0.15) is 48.2 Å². The first-order chi connectivity index (χ1) is 15.8. The van der Waals surface area contributed by atoms with E-state index in [0.29, 0.717) is 49.1 Å². The fourth-order valence-corrected chi connectivity index (χ4v) is 3.75. The molecule has 0 aliphatic carbocycles. The summed E-state index contributed by atoms with van der Waals surface area (Å²) in [7, 11) is 3.79. The molecule has 2 heterocycles. The lowest BCUT2D eigenvalue weighted by Crippen LogP contribution is -2.36. The lowest BCUT2D eigenvalue weighted by Gasteiger charge is -2.28. The van der Waals surface area contributed by atoms with Gasteiger partial charge in [-0.1, -0.05) is 13.0 Å². The number of ketones is 1. The van der Waals surface area contributed by atoms with E-state index >= 15 is 0 Å². The van der Waals surface area contributed by atoms with Gasteiger partial charge in [-0.25, -0.2) is 0 Å². The van der Waals surface area contributed by atoms with Gasteiger partial charge in [0.1, 0.15) is 5.76 Å². The van der Waals surface area contributed by atoms with Gasteiger partial charge in [-0.2, -0.15) is 0 Å². The van der Waals surface area contributed by atoms with Gasteiger partial charge in [0.2, 0.25) is 5.78 Å². The maximum atomic E-state index is 13.3. The maximum Gasteiger partial charge on any atom is 0.290 e. The lowest BCUT2D eigenvalue weighted by molar-refractivity contribution is -0.129. The van der Waals surface area contributed by atoms with E-state index in [4.69, 9.17) is 13.9 Å². The first-order valence-electron chi connectivity index (χ1n) is 11.2. The highest BCUT2D eigenvalue weighted by Crippen LogP contribution is 2.41. The second kappa shape index (κ2) is 10.6. The third-order valence-corrected chi connectivity index (χ3v) is 5.35. The summed E-state index contributed by atoms with van der Waals surface area (Å²) >= 11 is 0. The average molecular weight is 457 g/mol. The van der Waals surface area contributed by atoms with Crippen LogP contribution in [0, 0.1) is 6.92 Å². The Kier molecular flexibility index (Phi) is 7.81. The molecule has 8 nitrogen and oxygen atoms in total. The zero-order valence-electron chi connectivity index (χ0n) is 19.9. The van der Waals surface area contributed by atoms with Crippen LogP contribution in [0.15, 0.2) is 46.1 Å². The van der Waals surface area contributed by atoms with Gasteiger partial charge in [-0.3, -0.25) is 9.59 Å². The van der Waals surface area contributed by atoms with Crippen LogP contribution >= 0.6 is 0 Å². The van der Waals surface area contributed by atoms with E-state index in [1.165, 1.54) is 4.90 Å². The van der Waals surface area contributed by atoms with Crippen LogP contribution in [-0.2, 0) is 4.79 Å². The number of hydrogen-bond donors (Lipinski definition) is 1. The smallest absolute Gasteiger partial charge is 0.290 e. The number of hydrogen-bond acceptors (Lipinski definition) is 7. The van der Waals surface area contributed by atoms with Gasteiger partial charge in [0, 0.05) is 13.1 Å². The van der Waals surface area contributed by atoms with E-state index in [9.17, 15) is 14.7 Å². The van der Waals surface area contributed by atoms with E-state index in [2.05, 4.69) is 0 Å². The highest BCUT2D eigenvalue weighted by atomic mass is 16.5. The molecule has 0 bridgehead atoms.